The Balaban J connectivity index is 3.01. The molecule has 5 heteroatoms. The van der Waals surface area contributed by atoms with Gasteiger partial charge in [0.25, 0.3) is 0 Å². The Bertz CT molecular complexity index is 306. The van der Waals surface area contributed by atoms with Crippen LogP contribution in [0.1, 0.15) is 4.88 Å². The highest BCUT2D eigenvalue weighted by Crippen LogP contribution is 2.26. The summed E-state index contributed by atoms with van der Waals surface area (Å²) in [6, 6.07) is 1.99. The fraction of sp³-hybridized carbons (Fsp3) is 0.143. The van der Waals surface area contributed by atoms with Crippen LogP contribution in [0.15, 0.2) is 21.4 Å². The first kappa shape index (κ1) is 9.71. The summed E-state index contributed by atoms with van der Waals surface area (Å²) in [5.74, 6) is 0. The predicted octanol–water partition coefficient (Wildman–Crippen LogP) is 3.26. The molecule has 12 heavy (non-hydrogen) atoms. The Hall–Kier alpha value is -0.380. The van der Waals surface area contributed by atoms with Crippen molar-refractivity contribution in [1.82, 2.24) is 0 Å². The van der Waals surface area contributed by atoms with Gasteiger partial charge < -0.3 is 0 Å². The van der Waals surface area contributed by atoms with E-state index in [2.05, 4.69) is 16.7 Å². The molecule has 0 aliphatic carbocycles. The fourth-order valence-corrected chi connectivity index (χ4v) is 1.92. The van der Waals surface area contributed by atoms with Gasteiger partial charge in [0.05, 0.1) is 10.6 Å². The molecule has 0 bridgehead atoms. The van der Waals surface area contributed by atoms with E-state index in [1.165, 1.54) is 11.3 Å². The van der Waals surface area contributed by atoms with Gasteiger partial charge in [-0.25, -0.2) is 0 Å². The van der Waals surface area contributed by atoms with Crippen molar-refractivity contribution in [3.63, 3.8) is 0 Å². The molecule has 0 saturated heterocycles. The Kier molecular flexibility index (Phi) is 3.72. The lowest BCUT2D eigenvalue weighted by molar-refractivity contribution is 1.38. The minimum Gasteiger partial charge on any atom is -0.263 e. The maximum absolute atomic E-state index is 5.82. The lowest BCUT2D eigenvalue weighted by Gasteiger charge is -1.93. The number of hydrogen-bond donors (Lipinski definition) is 0. The van der Waals surface area contributed by atoms with Crippen LogP contribution in [0.5, 0.6) is 0 Å². The summed E-state index contributed by atoms with van der Waals surface area (Å²) < 4.78 is 0. The number of aliphatic imine (C=N–C) groups is 2. The van der Waals surface area contributed by atoms with Gasteiger partial charge in [-0.3, -0.25) is 9.98 Å². The quantitative estimate of drug-likeness (QED) is 0.425. The van der Waals surface area contributed by atoms with E-state index in [0.29, 0.717) is 5.17 Å². The molecule has 0 fully saturated rings. The van der Waals surface area contributed by atoms with Gasteiger partial charge in [-0.15, -0.1) is 22.9 Å². The van der Waals surface area contributed by atoms with E-state index in [1.807, 2.05) is 11.4 Å². The molecule has 0 N–H and O–H groups in total. The number of nitrogens with zero attached hydrogens (tertiary/aromatic N) is 2. The maximum atomic E-state index is 5.82. The van der Waals surface area contributed by atoms with Crippen molar-refractivity contribution in [3.8, 4) is 0 Å². The van der Waals surface area contributed by atoms with Crippen molar-refractivity contribution in [1.29, 1.82) is 0 Å². The average Bonchev–Trinajstić information content (AvgIpc) is 2.51. The van der Waals surface area contributed by atoms with E-state index in [0.717, 1.165) is 10.6 Å². The Morgan fingerprint density at radius 2 is 2.42 bits per heavy atom. The van der Waals surface area contributed by atoms with Crippen molar-refractivity contribution in [3.05, 3.63) is 16.3 Å². The third kappa shape index (κ3) is 2.06. The SMILES string of the molecule is C=Nc1ccsc1/C(Cl)=N\CCl. The molecule has 1 aromatic heterocycles. The normalized spacial score (nSPS) is 11.7. The summed E-state index contributed by atoms with van der Waals surface area (Å²) in [5.41, 5.74) is 0.749. The zero-order chi connectivity index (χ0) is 8.97. The summed E-state index contributed by atoms with van der Waals surface area (Å²) in [5, 5.41) is 2.27. The summed E-state index contributed by atoms with van der Waals surface area (Å²) in [4.78, 5) is 8.44. The standard InChI is InChI=1S/C7H6Cl2N2S/c1-10-5-2-3-12-6(5)7(9)11-4-8/h2-3H,1,4H2/b11-7+. The minimum absolute atomic E-state index is 0.160. The second-order valence-electron chi connectivity index (χ2n) is 1.86. The number of alkyl halides is 1. The molecular weight excluding hydrogens is 215 g/mol. The van der Waals surface area contributed by atoms with Crippen LogP contribution in [0.4, 0.5) is 5.69 Å². The number of halogens is 2. The largest absolute Gasteiger partial charge is 0.263 e. The molecule has 0 saturated carbocycles. The molecule has 0 aromatic carbocycles. The van der Waals surface area contributed by atoms with Gasteiger partial charge in [0, 0.05) is 0 Å². The molecule has 0 aliphatic heterocycles. The fourth-order valence-electron chi connectivity index (χ4n) is 0.706. The van der Waals surface area contributed by atoms with Crippen LogP contribution >= 0.6 is 34.5 Å². The van der Waals surface area contributed by atoms with Gasteiger partial charge in [-0.05, 0) is 18.2 Å². The van der Waals surface area contributed by atoms with Crippen LogP contribution in [-0.2, 0) is 0 Å². The number of thiophene rings is 1. The summed E-state index contributed by atoms with van der Waals surface area (Å²) in [7, 11) is 0. The highest BCUT2D eigenvalue weighted by atomic mass is 35.5. The van der Waals surface area contributed by atoms with Crippen LogP contribution in [0.2, 0.25) is 0 Å². The smallest absolute Gasteiger partial charge is 0.144 e. The zero-order valence-corrected chi connectivity index (χ0v) is 8.46. The Morgan fingerprint density at radius 3 is 3.00 bits per heavy atom. The van der Waals surface area contributed by atoms with Gasteiger partial charge in [0.2, 0.25) is 0 Å². The molecule has 2 nitrogen and oxygen atoms in total. The molecule has 64 valence electrons. The number of hydrogen-bond acceptors (Lipinski definition) is 3. The monoisotopic (exact) mass is 220 g/mol. The summed E-state index contributed by atoms with van der Waals surface area (Å²) >= 11 is 12.7. The van der Waals surface area contributed by atoms with Crippen molar-refractivity contribution in [2.24, 2.45) is 9.98 Å². The van der Waals surface area contributed by atoms with Crippen molar-refractivity contribution < 1.29 is 0 Å². The van der Waals surface area contributed by atoms with Crippen LogP contribution in [0.25, 0.3) is 0 Å². The molecule has 0 radical (unpaired) electrons. The Morgan fingerprint density at radius 1 is 1.67 bits per heavy atom. The van der Waals surface area contributed by atoms with Crippen LogP contribution in [-0.4, -0.2) is 17.9 Å². The number of rotatable bonds is 3. The van der Waals surface area contributed by atoms with E-state index in [1.54, 1.807) is 0 Å². The molecule has 1 rings (SSSR count). The second-order valence-corrected chi connectivity index (χ2v) is 3.37. The predicted molar refractivity (Wildman–Crippen MR) is 56.6 cm³/mol. The van der Waals surface area contributed by atoms with Crippen molar-refractivity contribution in [2.45, 2.75) is 0 Å². The van der Waals surface area contributed by atoms with Crippen LogP contribution < -0.4 is 0 Å². The summed E-state index contributed by atoms with van der Waals surface area (Å²) in [6.07, 6.45) is 0. The molecule has 0 amide bonds. The Labute approximate surface area is 84.6 Å². The molecule has 0 spiro atoms. The summed E-state index contributed by atoms with van der Waals surface area (Å²) in [6.45, 7) is 3.42. The third-order valence-corrected chi connectivity index (χ3v) is 2.65. The highest BCUT2D eigenvalue weighted by Gasteiger charge is 2.06. The van der Waals surface area contributed by atoms with E-state index < -0.39 is 0 Å². The average molecular weight is 221 g/mol. The van der Waals surface area contributed by atoms with Gasteiger partial charge in [-0.2, -0.15) is 0 Å². The van der Waals surface area contributed by atoms with Crippen molar-refractivity contribution in [2.75, 3.05) is 6.00 Å². The van der Waals surface area contributed by atoms with Gasteiger partial charge >= 0.3 is 0 Å². The second kappa shape index (κ2) is 4.60. The van der Waals surface area contributed by atoms with E-state index in [9.17, 15) is 0 Å². The molecule has 0 unspecified atom stereocenters. The topological polar surface area (TPSA) is 24.7 Å². The highest BCUT2D eigenvalue weighted by molar-refractivity contribution is 7.14. The third-order valence-electron chi connectivity index (χ3n) is 1.20. The van der Waals surface area contributed by atoms with E-state index in [-0.39, 0.29) is 6.00 Å². The molecule has 0 atom stereocenters. The molecule has 0 aliphatic rings. The lowest BCUT2D eigenvalue weighted by Crippen LogP contribution is -1.86. The first-order chi connectivity index (χ1) is 5.79. The lowest BCUT2D eigenvalue weighted by atomic mass is 10.4. The van der Waals surface area contributed by atoms with Gasteiger partial charge in [0.1, 0.15) is 11.2 Å². The minimum atomic E-state index is 0.160. The molecular formula is C7H6Cl2N2S. The maximum Gasteiger partial charge on any atom is 0.144 e. The first-order valence-electron chi connectivity index (χ1n) is 3.10. The van der Waals surface area contributed by atoms with Gasteiger partial charge in [-0.1, -0.05) is 11.6 Å². The molecule has 1 heterocycles. The molecule has 1 aromatic rings. The van der Waals surface area contributed by atoms with E-state index in [4.69, 9.17) is 23.2 Å². The van der Waals surface area contributed by atoms with Crippen LogP contribution in [0.3, 0.4) is 0 Å². The van der Waals surface area contributed by atoms with E-state index >= 15 is 0 Å². The zero-order valence-electron chi connectivity index (χ0n) is 6.13. The van der Waals surface area contributed by atoms with Crippen molar-refractivity contribution >= 4 is 52.1 Å². The first-order valence-corrected chi connectivity index (χ1v) is 4.89. The van der Waals surface area contributed by atoms with Gasteiger partial charge in [0.15, 0.2) is 0 Å². The van der Waals surface area contributed by atoms with Crippen LogP contribution in [0, 0.1) is 0 Å².